The zero-order valence-corrected chi connectivity index (χ0v) is 16.4. The molecular weight excluding hydrogens is 300 g/mol. The Kier molecular flexibility index (Phi) is 25.8. The fraction of sp³-hybridized carbons (Fsp3) is 0.905. The standard InChI is InChI=1S/C11H22O2.C10H20O/c1-2-3-4-5-6-7-8-9-10-11(12)13;1-2-3-4-5-6-7-8-9-10-11/h2-10H2,1H3,(H,12,13);10H,2-9H2,1H3. The van der Waals surface area contributed by atoms with Crippen LogP contribution in [0.5, 0.6) is 0 Å². The molecule has 0 atom stereocenters. The number of unbranched alkanes of at least 4 members (excludes halogenated alkanes) is 14. The second-order valence-electron chi connectivity index (χ2n) is 6.70. The third-order valence-electron chi connectivity index (χ3n) is 4.17. The van der Waals surface area contributed by atoms with Crippen molar-refractivity contribution in [3.8, 4) is 0 Å². The summed E-state index contributed by atoms with van der Waals surface area (Å²) in [7, 11) is 0. The van der Waals surface area contributed by atoms with Gasteiger partial charge in [-0.1, -0.05) is 97.3 Å². The van der Waals surface area contributed by atoms with Crippen LogP contribution in [0.3, 0.4) is 0 Å². The van der Waals surface area contributed by atoms with Crippen molar-refractivity contribution in [2.24, 2.45) is 0 Å². The Balaban J connectivity index is 0. The molecule has 0 aromatic carbocycles. The molecular formula is C21H42O3. The third kappa shape index (κ3) is 29.2. The number of carboxylic acids is 1. The van der Waals surface area contributed by atoms with Gasteiger partial charge in [-0.25, -0.2) is 0 Å². The largest absolute Gasteiger partial charge is 0.481 e. The zero-order chi connectivity index (χ0) is 18.3. The lowest BCUT2D eigenvalue weighted by molar-refractivity contribution is -0.137. The van der Waals surface area contributed by atoms with Crippen molar-refractivity contribution in [1.29, 1.82) is 0 Å². The van der Waals surface area contributed by atoms with Crippen molar-refractivity contribution >= 4 is 12.3 Å². The minimum Gasteiger partial charge on any atom is -0.481 e. The van der Waals surface area contributed by atoms with Gasteiger partial charge in [-0.05, 0) is 12.8 Å². The van der Waals surface area contributed by atoms with E-state index in [1.54, 1.807) is 0 Å². The average molecular weight is 343 g/mol. The maximum Gasteiger partial charge on any atom is 0.303 e. The van der Waals surface area contributed by atoms with E-state index in [-0.39, 0.29) is 0 Å². The number of aliphatic carboxylic acids is 1. The lowest BCUT2D eigenvalue weighted by Crippen LogP contribution is -1.93. The summed E-state index contributed by atoms with van der Waals surface area (Å²) in [5.41, 5.74) is 0. The molecule has 144 valence electrons. The first kappa shape index (κ1) is 25.4. The van der Waals surface area contributed by atoms with E-state index >= 15 is 0 Å². The van der Waals surface area contributed by atoms with E-state index in [4.69, 9.17) is 5.11 Å². The van der Waals surface area contributed by atoms with Gasteiger partial charge in [0, 0.05) is 12.8 Å². The minimum atomic E-state index is -0.661. The molecule has 0 unspecified atom stereocenters. The van der Waals surface area contributed by atoms with Crippen LogP contribution in [0.4, 0.5) is 0 Å². The van der Waals surface area contributed by atoms with Gasteiger partial charge in [0.25, 0.3) is 0 Å². The van der Waals surface area contributed by atoms with Crippen molar-refractivity contribution in [1.82, 2.24) is 0 Å². The first-order valence-electron chi connectivity index (χ1n) is 10.3. The number of carbonyl (C=O) groups excluding carboxylic acids is 1. The van der Waals surface area contributed by atoms with E-state index < -0.39 is 5.97 Å². The van der Waals surface area contributed by atoms with Crippen molar-refractivity contribution in [2.75, 3.05) is 0 Å². The van der Waals surface area contributed by atoms with E-state index in [9.17, 15) is 9.59 Å². The lowest BCUT2D eigenvalue weighted by Gasteiger charge is -1.99. The Bertz CT molecular complexity index is 251. The summed E-state index contributed by atoms with van der Waals surface area (Å²) in [5.74, 6) is -0.661. The summed E-state index contributed by atoms with van der Waals surface area (Å²) in [4.78, 5) is 20.1. The van der Waals surface area contributed by atoms with Gasteiger partial charge in [-0.3, -0.25) is 4.79 Å². The van der Waals surface area contributed by atoms with Crippen LogP contribution in [-0.2, 0) is 9.59 Å². The van der Waals surface area contributed by atoms with Gasteiger partial charge in [0.1, 0.15) is 6.29 Å². The second-order valence-corrected chi connectivity index (χ2v) is 6.70. The smallest absolute Gasteiger partial charge is 0.303 e. The summed E-state index contributed by atoms with van der Waals surface area (Å²) >= 11 is 0. The van der Waals surface area contributed by atoms with Crippen LogP contribution in [0.2, 0.25) is 0 Å². The fourth-order valence-corrected chi connectivity index (χ4v) is 2.59. The number of carboxylic acid groups (broad SMARTS) is 1. The highest BCUT2D eigenvalue weighted by Crippen LogP contribution is 2.09. The van der Waals surface area contributed by atoms with E-state index in [0.29, 0.717) is 6.42 Å². The summed E-state index contributed by atoms with van der Waals surface area (Å²) < 4.78 is 0. The summed E-state index contributed by atoms with van der Waals surface area (Å²) in [5, 5.41) is 8.39. The summed E-state index contributed by atoms with van der Waals surface area (Å²) in [6.45, 7) is 4.44. The molecule has 0 bridgehead atoms. The molecule has 1 N–H and O–H groups in total. The maximum atomic E-state index is 10.2. The normalized spacial score (nSPS) is 10.1. The summed E-state index contributed by atoms with van der Waals surface area (Å²) in [6.07, 6.45) is 20.9. The molecule has 0 saturated heterocycles. The number of carbonyl (C=O) groups is 2. The molecule has 0 rings (SSSR count). The van der Waals surface area contributed by atoms with Gasteiger partial charge in [-0.15, -0.1) is 0 Å². The van der Waals surface area contributed by atoms with Gasteiger partial charge in [0.05, 0.1) is 0 Å². The first-order valence-corrected chi connectivity index (χ1v) is 10.3. The Morgan fingerprint density at radius 2 is 1.04 bits per heavy atom. The average Bonchev–Trinajstić information content (AvgIpc) is 2.57. The molecule has 0 aromatic heterocycles. The van der Waals surface area contributed by atoms with Gasteiger partial charge >= 0.3 is 5.97 Å². The topological polar surface area (TPSA) is 54.4 Å². The van der Waals surface area contributed by atoms with Crippen molar-refractivity contribution in [3.05, 3.63) is 0 Å². The minimum absolute atomic E-state index is 0.342. The molecule has 3 heteroatoms. The molecule has 0 heterocycles. The molecule has 0 amide bonds. The highest BCUT2D eigenvalue weighted by molar-refractivity contribution is 5.66. The van der Waals surface area contributed by atoms with Crippen LogP contribution in [0.15, 0.2) is 0 Å². The molecule has 0 aromatic rings. The molecule has 3 nitrogen and oxygen atoms in total. The second kappa shape index (κ2) is 24.4. The van der Waals surface area contributed by atoms with Crippen LogP contribution in [0.1, 0.15) is 123 Å². The first-order chi connectivity index (χ1) is 11.7. The zero-order valence-electron chi connectivity index (χ0n) is 16.4. The lowest BCUT2D eigenvalue weighted by atomic mass is 10.1. The van der Waals surface area contributed by atoms with Crippen LogP contribution < -0.4 is 0 Å². The van der Waals surface area contributed by atoms with Gasteiger partial charge in [-0.2, -0.15) is 0 Å². The van der Waals surface area contributed by atoms with Crippen LogP contribution in [0, 0.1) is 0 Å². The Morgan fingerprint density at radius 1 is 0.667 bits per heavy atom. The van der Waals surface area contributed by atoms with Gasteiger partial charge in [0.15, 0.2) is 0 Å². The van der Waals surface area contributed by atoms with E-state index in [2.05, 4.69) is 13.8 Å². The van der Waals surface area contributed by atoms with Gasteiger partial charge < -0.3 is 9.90 Å². The van der Waals surface area contributed by atoms with Crippen molar-refractivity contribution < 1.29 is 14.7 Å². The van der Waals surface area contributed by atoms with Crippen LogP contribution >= 0.6 is 0 Å². The molecule has 0 saturated carbocycles. The maximum absolute atomic E-state index is 10.2. The molecule has 0 spiro atoms. The van der Waals surface area contributed by atoms with E-state index in [1.165, 1.54) is 77.0 Å². The Labute approximate surface area is 150 Å². The Morgan fingerprint density at radius 3 is 1.42 bits per heavy atom. The van der Waals surface area contributed by atoms with Crippen molar-refractivity contribution in [2.45, 2.75) is 123 Å². The molecule has 0 fully saturated rings. The predicted octanol–water partition coefficient (Wildman–Crippen LogP) is 6.93. The van der Waals surface area contributed by atoms with Crippen LogP contribution in [-0.4, -0.2) is 17.4 Å². The van der Waals surface area contributed by atoms with E-state index in [1.807, 2.05) is 0 Å². The van der Waals surface area contributed by atoms with Crippen LogP contribution in [0.25, 0.3) is 0 Å². The number of hydrogen-bond donors (Lipinski definition) is 1. The fourth-order valence-electron chi connectivity index (χ4n) is 2.59. The number of rotatable bonds is 17. The molecule has 0 aliphatic rings. The quantitative estimate of drug-likeness (QED) is 0.230. The van der Waals surface area contributed by atoms with Crippen molar-refractivity contribution in [3.63, 3.8) is 0 Å². The Hall–Kier alpha value is -0.860. The number of aldehydes is 1. The summed E-state index contributed by atoms with van der Waals surface area (Å²) in [6, 6.07) is 0. The number of hydrogen-bond acceptors (Lipinski definition) is 2. The molecule has 24 heavy (non-hydrogen) atoms. The monoisotopic (exact) mass is 342 g/mol. The highest BCUT2D eigenvalue weighted by Gasteiger charge is 1.96. The highest BCUT2D eigenvalue weighted by atomic mass is 16.4. The predicted molar refractivity (Wildman–Crippen MR) is 104 cm³/mol. The third-order valence-corrected chi connectivity index (χ3v) is 4.17. The van der Waals surface area contributed by atoms with Gasteiger partial charge in [0.2, 0.25) is 0 Å². The molecule has 0 radical (unpaired) electrons. The SMILES string of the molecule is CCCCCCCCCC=O.CCCCCCCCCCC(=O)O. The molecule has 0 aliphatic carbocycles. The molecule has 0 aliphatic heterocycles. The van der Waals surface area contributed by atoms with E-state index in [0.717, 1.165) is 32.0 Å².